The smallest absolute Gasteiger partial charge is 0.249 e. The van der Waals surface area contributed by atoms with Gasteiger partial charge in [0.15, 0.2) is 0 Å². The van der Waals surface area contributed by atoms with Gasteiger partial charge in [-0.05, 0) is 53.4 Å². The lowest BCUT2D eigenvalue weighted by atomic mass is 10.00. The number of aromatic nitrogens is 1. The van der Waals surface area contributed by atoms with Gasteiger partial charge in [0, 0.05) is 28.4 Å². The normalized spacial score (nSPS) is 11.4. The van der Waals surface area contributed by atoms with Crippen LogP contribution in [0.4, 0.5) is 0 Å². The number of hydrogen-bond donors (Lipinski definition) is 2. The summed E-state index contributed by atoms with van der Waals surface area (Å²) in [6.45, 7) is 4.86. The molecule has 1 aromatic heterocycles. The molecule has 4 aromatic rings. The predicted octanol–water partition coefficient (Wildman–Crippen LogP) is 3.96. The molecule has 0 fully saturated rings. The number of carbonyl (C=O) groups excluding carboxylic acids is 2. The summed E-state index contributed by atoms with van der Waals surface area (Å²) in [6, 6.07) is 20.3. The number of rotatable bonds is 5. The quantitative estimate of drug-likeness (QED) is 0.545. The second-order valence-electron chi connectivity index (χ2n) is 7.56. The van der Waals surface area contributed by atoms with Crippen molar-refractivity contribution < 1.29 is 9.59 Å². The monoisotopic (exact) mass is 384 g/mol. The number of nitrogens with zero attached hydrogens (tertiary/aromatic N) is 1. The molecule has 29 heavy (non-hydrogen) atoms. The van der Waals surface area contributed by atoms with Crippen LogP contribution in [0.1, 0.15) is 51.6 Å². The van der Waals surface area contributed by atoms with E-state index < -0.39 is 11.8 Å². The molecule has 0 atom stereocenters. The molecule has 1 heterocycles. The Morgan fingerprint density at radius 2 is 1.72 bits per heavy atom. The summed E-state index contributed by atoms with van der Waals surface area (Å²) in [6.07, 6.45) is 0. The zero-order valence-corrected chi connectivity index (χ0v) is 16.4. The molecule has 3 aromatic carbocycles. The molecule has 1 radical (unpaired) electrons. The SMILES string of the molecule is CC(C)c1c[c]c2c3c(C(N)=O)cccc3n(Cc3ccc(C(N)=O)cc3)c2c1. The van der Waals surface area contributed by atoms with Gasteiger partial charge < -0.3 is 16.0 Å². The van der Waals surface area contributed by atoms with Gasteiger partial charge in [-0.15, -0.1) is 0 Å². The lowest BCUT2D eigenvalue weighted by molar-refractivity contribution is 0.0992. The van der Waals surface area contributed by atoms with Crippen LogP contribution in [0.25, 0.3) is 21.8 Å². The van der Waals surface area contributed by atoms with Crippen LogP contribution in [0.15, 0.2) is 54.6 Å². The van der Waals surface area contributed by atoms with Gasteiger partial charge in [-0.25, -0.2) is 0 Å². The molecule has 0 spiro atoms. The van der Waals surface area contributed by atoms with Gasteiger partial charge in [0.2, 0.25) is 11.8 Å². The lowest BCUT2D eigenvalue weighted by Gasteiger charge is -2.10. The molecule has 145 valence electrons. The van der Waals surface area contributed by atoms with Gasteiger partial charge in [0.25, 0.3) is 0 Å². The average molecular weight is 384 g/mol. The Balaban J connectivity index is 1.96. The van der Waals surface area contributed by atoms with Crippen molar-refractivity contribution in [2.24, 2.45) is 11.5 Å². The summed E-state index contributed by atoms with van der Waals surface area (Å²) < 4.78 is 2.17. The third kappa shape index (κ3) is 3.25. The summed E-state index contributed by atoms with van der Waals surface area (Å²) >= 11 is 0. The van der Waals surface area contributed by atoms with Gasteiger partial charge in [-0.3, -0.25) is 9.59 Å². The third-order valence-electron chi connectivity index (χ3n) is 5.33. The first-order valence-electron chi connectivity index (χ1n) is 9.52. The summed E-state index contributed by atoms with van der Waals surface area (Å²) in [5.41, 5.74) is 16.1. The first kappa shape index (κ1) is 18.7. The van der Waals surface area contributed by atoms with E-state index in [2.05, 4.69) is 30.5 Å². The molecule has 0 aliphatic carbocycles. The van der Waals surface area contributed by atoms with Crippen molar-refractivity contribution in [2.75, 3.05) is 0 Å². The Kier molecular flexibility index (Phi) is 4.59. The van der Waals surface area contributed by atoms with Crippen LogP contribution < -0.4 is 11.5 Å². The fraction of sp³-hybridized carbons (Fsp3) is 0.167. The van der Waals surface area contributed by atoms with Crippen LogP contribution >= 0.6 is 0 Å². The molecule has 4 N–H and O–H groups in total. The van der Waals surface area contributed by atoms with Crippen LogP contribution in [-0.4, -0.2) is 16.4 Å². The molecule has 0 unspecified atom stereocenters. The highest BCUT2D eigenvalue weighted by Crippen LogP contribution is 2.33. The topological polar surface area (TPSA) is 91.1 Å². The molecule has 5 nitrogen and oxygen atoms in total. The minimum atomic E-state index is -0.457. The molecular weight excluding hydrogens is 362 g/mol. The fourth-order valence-corrected chi connectivity index (χ4v) is 3.74. The molecule has 0 saturated heterocycles. The highest BCUT2D eigenvalue weighted by Gasteiger charge is 2.17. The fourth-order valence-electron chi connectivity index (χ4n) is 3.74. The van der Waals surface area contributed by atoms with Crippen molar-refractivity contribution in [3.63, 3.8) is 0 Å². The maximum atomic E-state index is 12.1. The maximum Gasteiger partial charge on any atom is 0.249 e. The molecular formula is C24H22N3O2. The number of hydrogen-bond acceptors (Lipinski definition) is 2. The van der Waals surface area contributed by atoms with Crippen molar-refractivity contribution in [2.45, 2.75) is 26.3 Å². The van der Waals surface area contributed by atoms with E-state index in [9.17, 15) is 9.59 Å². The summed E-state index contributed by atoms with van der Waals surface area (Å²) in [5.74, 6) is -0.551. The number of nitrogens with two attached hydrogens (primary N) is 2. The van der Waals surface area contributed by atoms with Crippen molar-refractivity contribution in [3.05, 3.63) is 82.9 Å². The number of amides is 2. The van der Waals surface area contributed by atoms with Gasteiger partial charge in [-0.2, -0.15) is 0 Å². The number of fused-ring (bicyclic) bond motifs is 3. The molecule has 2 amide bonds. The largest absolute Gasteiger partial charge is 0.366 e. The minimum absolute atomic E-state index is 0.354. The highest BCUT2D eigenvalue weighted by molar-refractivity contribution is 6.17. The van der Waals surface area contributed by atoms with Crippen molar-refractivity contribution >= 4 is 33.6 Å². The molecule has 0 saturated carbocycles. The van der Waals surface area contributed by atoms with Gasteiger partial charge in [0.05, 0.1) is 11.0 Å². The minimum Gasteiger partial charge on any atom is -0.366 e. The standard InChI is InChI=1S/C24H22N3O2/c1-14(2)17-10-11-18-21(12-17)27(13-15-6-8-16(9-7-15)23(25)28)20-5-3-4-19(22(18)20)24(26)29/h3-10,12,14H,13H2,1-2H3,(H2,25,28)(H2,26,29). The van der Waals surface area contributed by atoms with E-state index in [1.54, 1.807) is 18.2 Å². The lowest BCUT2D eigenvalue weighted by Crippen LogP contribution is -2.11. The van der Waals surface area contributed by atoms with Crippen molar-refractivity contribution in [3.8, 4) is 0 Å². The Hall–Kier alpha value is -3.60. The van der Waals surface area contributed by atoms with Crippen LogP contribution in [0.2, 0.25) is 0 Å². The van der Waals surface area contributed by atoms with E-state index >= 15 is 0 Å². The molecule has 0 aliphatic rings. The second kappa shape index (κ2) is 7.09. The number of carbonyl (C=O) groups is 2. The Labute approximate surface area is 168 Å². The summed E-state index contributed by atoms with van der Waals surface area (Å²) in [5, 5.41) is 1.70. The van der Waals surface area contributed by atoms with E-state index in [0.717, 1.165) is 27.4 Å². The third-order valence-corrected chi connectivity index (χ3v) is 5.33. The molecule has 5 heteroatoms. The van der Waals surface area contributed by atoms with Gasteiger partial charge >= 0.3 is 0 Å². The molecule has 0 aliphatic heterocycles. The van der Waals surface area contributed by atoms with E-state index in [0.29, 0.717) is 23.6 Å². The zero-order valence-electron chi connectivity index (χ0n) is 16.4. The Morgan fingerprint density at radius 1 is 1.00 bits per heavy atom. The van der Waals surface area contributed by atoms with Crippen LogP contribution in [0, 0.1) is 6.07 Å². The van der Waals surface area contributed by atoms with Crippen LogP contribution in [-0.2, 0) is 6.54 Å². The number of primary amides is 2. The maximum absolute atomic E-state index is 12.1. The van der Waals surface area contributed by atoms with Gasteiger partial charge in [0.1, 0.15) is 0 Å². The number of benzene rings is 3. The van der Waals surface area contributed by atoms with Crippen molar-refractivity contribution in [1.29, 1.82) is 0 Å². The average Bonchev–Trinajstić information content (AvgIpc) is 3.01. The van der Waals surface area contributed by atoms with Gasteiger partial charge in [-0.1, -0.05) is 38.1 Å². The van der Waals surface area contributed by atoms with E-state index in [1.165, 1.54) is 5.56 Å². The Bertz CT molecular complexity index is 1250. The van der Waals surface area contributed by atoms with E-state index in [1.807, 2.05) is 30.3 Å². The zero-order chi connectivity index (χ0) is 20.7. The van der Waals surface area contributed by atoms with E-state index in [-0.39, 0.29) is 0 Å². The Morgan fingerprint density at radius 3 is 2.34 bits per heavy atom. The van der Waals surface area contributed by atoms with E-state index in [4.69, 9.17) is 11.5 Å². The first-order chi connectivity index (χ1) is 13.9. The second-order valence-corrected chi connectivity index (χ2v) is 7.56. The van der Waals surface area contributed by atoms with Crippen LogP contribution in [0.3, 0.4) is 0 Å². The van der Waals surface area contributed by atoms with Crippen LogP contribution in [0.5, 0.6) is 0 Å². The van der Waals surface area contributed by atoms with Crippen molar-refractivity contribution in [1.82, 2.24) is 4.57 Å². The highest BCUT2D eigenvalue weighted by atomic mass is 16.1. The first-order valence-corrected chi connectivity index (χ1v) is 9.52. The molecule has 4 rings (SSSR count). The predicted molar refractivity (Wildman–Crippen MR) is 115 cm³/mol. The summed E-state index contributed by atoms with van der Waals surface area (Å²) in [4.78, 5) is 23.4. The molecule has 0 bridgehead atoms. The summed E-state index contributed by atoms with van der Waals surface area (Å²) in [7, 11) is 0.